The van der Waals surface area contributed by atoms with Crippen molar-refractivity contribution in [3.8, 4) is 5.75 Å². The molecule has 1 amide bonds. The van der Waals surface area contributed by atoms with Crippen molar-refractivity contribution in [1.29, 1.82) is 0 Å². The summed E-state index contributed by atoms with van der Waals surface area (Å²) in [4.78, 5) is 16.9. The van der Waals surface area contributed by atoms with Crippen molar-refractivity contribution in [3.63, 3.8) is 0 Å². The number of para-hydroxylation sites is 1. The topological polar surface area (TPSA) is 51.2 Å². The fraction of sp³-hybridized carbons (Fsp3) is 0.182. The number of carbonyl (C=O) groups excluding carboxylic acids is 1. The number of hydrogen-bond donors (Lipinski definition) is 1. The summed E-state index contributed by atoms with van der Waals surface area (Å²) in [5, 5.41) is 3.03. The number of rotatable bonds is 6. The first-order valence-electron chi connectivity index (χ1n) is 8.59. The summed E-state index contributed by atoms with van der Waals surface area (Å²) in [6, 6.07) is 21.1. The van der Waals surface area contributed by atoms with E-state index < -0.39 is 0 Å². The van der Waals surface area contributed by atoms with Gasteiger partial charge in [-0.1, -0.05) is 54.6 Å². The number of nitrogens with one attached hydrogen (secondary N) is 1. The number of ether oxygens (including phenoxy) is 1. The van der Waals surface area contributed by atoms with E-state index in [9.17, 15) is 4.79 Å². The molecule has 1 atom stereocenters. The van der Waals surface area contributed by atoms with Gasteiger partial charge in [-0.25, -0.2) is 0 Å². The molecule has 4 heteroatoms. The summed E-state index contributed by atoms with van der Waals surface area (Å²) < 4.78 is 5.77. The molecule has 132 valence electrons. The second kappa shape index (κ2) is 8.30. The van der Waals surface area contributed by atoms with Crippen LogP contribution in [0.5, 0.6) is 5.75 Å². The maximum Gasteiger partial charge on any atom is 0.258 e. The van der Waals surface area contributed by atoms with Gasteiger partial charge in [0.25, 0.3) is 5.91 Å². The van der Waals surface area contributed by atoms with E-state index in [2.05, 4.69) is 10.3 Å². The van der Waals surface area contributed by atoms with Gasteiger partial charge in [-0.2, -0.15) is 0 Å². The van der Waals surface area contributed by atoms with Crippen LogP contribution in [0, 0.1) is 13.8 Å². The number of benzene rings is 2. The van der Waals surface area contributed by atoms with Crippen LogP contribution in [0.3, 0.4) is 0 Å². The van der Waals surface area contributed by atoms with Crippen LogP contribution >= 0.6 is 0 Å². The van der Waals surface area contributed by atoms with Crippen LogP contribution in [0.25, 0.3) is 0 Å². The molecule has 3 rings (SSSR count). The third-order valence-electron chi connectivity index (χ3n) is 4.18. The average molecular weight is 346 g/mol. The fourth-order valence-electron chi connectivity index (χ4n) is 2.89. The van der Waals surface area contributed by atoms with Gasteiger partial charge >= 0.3 is 0 Å². The van der Waals surface area contributed by atoms with Gasteiger partial charge in [0.15, 0.2) is 6.61 Å². The number of pyridine rings is 1. The van der Waals surface area contributed by atoms with Crippen LogP contribution in [0.2, 0.25) is 0 Å². The highest BCUT2D eigenvalue weighted by molar-refractivity contribution is 5.78. The molecule has 0 bridgehead atoms. The Kier molecular flexibility index (Phi) is 5.64. The molecule has 1 heterocycles. The standard InChI is InChI=1S/C22H22N2O2/c1-16-9-8-10-17(2)22(16)26-15-20(25)24-21(18-11-4-3-5-12-18)19-13-6-7-14-23-19/h3-14,21H,15H2,1-2H3,(H,24,25). The van der Waals surface area contributed by atoms with Crippen LogP contribution in [0.4, 0.5) is 0 Å². The highest BCUT2D eigenvalue weighted by Gasteiger charge is 2.18. The first-order valence-corrected chi connectivity index (χ1v) is 8.59. The SMILES string of the molecule is Cc1cccc(C)c1OCC(=O)NC(c1ccccc1)c1ccccn1. The van der Waals surface area contributed by atoms with Crippen LogP contribution in [0.1, 0.15) is 28.4 Å². The lowest BCUT2D eigenvalue weighted by atomic mass is 10.0. The van der Waals surface area contributed by atoms with E-state index in [0.717, 1.165) is 28.1 Å². The molecule has 0 saturated heterocycles. The van der Waals surface area contributed by atoms with Gasteiger partial charge in [0.1, 0.15) is 5.75 Å². The zero-order chi connectivity index (χ0) is 18.4. The minimum Gasteiger partial charge on any atom is -0.483 e. The number of amides is 1. The number of hydrogen-bond acceptors (Lipinski definition) is 3. The van der Waals surface area contributed by atoms with Crippen LogP contribution < -0.4 is 10.1 Å². The smallest absolute Gasteiger partial charge is 0.258 e. The van der Waals surface area contributed by atoms with E-state index in [0.29, 0.717) is 0 Å². The van der Waals surface area contributed by atoms with Gasteiger partial charge in [-0.3, -0.25) is 9.78 Å². The molecule has 0 saturated carbocycles. The van der Waals surface area contributed by atoms with Gasteiger partial charge in [0, 0.05) is 6.20 Å². The first-order chi connectivity index (χ1) is 12.6. The van der Waals surface area contributed by atoms with Crippen LogP contribution in [-0.4, -0.2) is 17.5 Å². The molecule has 1 aromatic heterocycles. The molecule has 0 radical (unpaired) electrons. The summed E-state index contributed by atoms with van der Waals surface area (Å²) >= 11 is 0. The molecular weight excluding hydrogens is 324 g/mol. The lowest BCUT2D eigenvalue weighted by Gasteiger charge is -2.19. The van der Waals surface area contributed by atoms with E-state index >= 15 is 0 Å². The molecule has 0 aliphatic carbocycles. The molecule has 0 fully saturated rings. The second-order valence-corrected chi connectivity index (χ2v) is 6.18. The second-order valence-electron chi connectivity index (χ2n) is 6.18. The van der Waals surface area contributed by atoms with Crippen molar-refractivity contribution in [1.82, 2.24) is 10.3 Å². The quantitative estimate of drug-likeness (QED) is 0.734. The predicted octanol–water partition coefficient (Wildman–Crippen LogP) is 3.98. The lowest BCUT2D eigenvalue weighted by Crippen LogP contribution is -2.33. The van der Waals surface area contributed by atoms with Crippen molar-refractivity contribution < 1.29 is 9.53 Å². The Balaban J connectivity index is 1.74. The fourth-order valence-corrected chi connectivity index (χ4v) is 2.89. The van der Waals surface area contributed by atoms with Crippen molar-refractivity contribution in [2.24, 2.45) is 0 Å². The number of nitrogens with zero attached hydrogens (tertiary/aromatic N) is 1. The zero-order valence-corrected chi connectivity index (χ0v) is 15.0. The van der Waals surface area contributed by atoms with Gasteiger partial charge in [-0.05, 0) is 42.7 Å². The molecule has 0 aliphatic rings. The number of aryl methyl sites for hydroxylation is 2. The highest BCUT2D eigenvalue weighted by Crippen LogP contribution is 2.23. The largest absolute Gasteiger partial charge is 0.483 e. The Labute approximate surface area is 153 Å². The zero-order valence-electron chi connectivity index (χ0n) is 15.0. The van der Waals surface area contributed by atoms with Gasteiger partial charge in [0.05, 0.1) is 11.7 Å². The summed E-state index contributed by atoms with van der Waals surface area (Å²) in [5.41, 5.74) is 3.80. The van der Waals surface area contributed by atoms with Crippen LogP contribution in [0.15, 0.2) is 72.9 Å². The molecule has 1 unspecified atom stereocenters. The minimum absolute atomic E-state index is 0.0398. The summed E-state index contributed by atoms with van der Waals surface area (Å²) in [6.45, 7) is 3.91. The lowest BCUT2D eigenvalue weighted by molar-refractivity contribution is -0.123. The van der Waals surface area contributed by atoms with Crippen molar-refractivity contribution >= 4 is 5.91 Å². The molecule has 2 aromatic carbocycles. The maximum absolute atomic E-state index is 12.5. The predicted molar refractivity (Wildman–Crippen MR) is 102 cm³/mol. The van der Waals surface area contributed by atoms with E-state index in [1.165, 1.54) is 0 Å². The van der Waals surface area contributed by atoms with Crippen molar-refractivity contribution in [3.05, 3.63) is 95.3 Å². The van der Waals surface area contributed by atoms with E-state index in [1.807, 2.05) is 80.6 Å². The number of aromatic nitrogens is 1. The monoisotopic (exact) mass is 346 g/mol. The minimum atomic E-state index is -0.313. The van der Waals surface area contributed by atoms with E-state index in [1.54, 1.807) is 6.20 Å². The Bertz CT molecular complexity index is 804. The van der Waals surface area contributed by atoms with E-state index in [-0.39, 0.29) is 18.6 Å². The third kappa shape index (κ3) is 4.28. The summed E-state index contributed by atoms with van der Waals surface area (Å²) in [5.74, 6) is 0.573. The molecule has 0 aliphatic heterocycles. The Hall–Kier alpha value is -3.14. The molecule has 0 spiro atoms. The summed E-state index contributed by atoms with van der Waals surface area (Å²) in [6.07, 6.45) is 1.73. The normalized spacial score (nSPS) is 11.6. The molecule has 1 N–H and O–H groups in total. The molecule has 4 nitrogen and oxygen atoms in total. The van der Waals surface area contributed by atoms with Gasteiger partial charge in [-0.15, -0.1) is 0 Å². The maximum atomic E-state index is 12.5. The van der Waals surface area contributed by atoms with Crippen molar-refractivity contribution in [2.45, 2.75) is 19.9 Å². The third-order valence-corrected chi connectivity index (χ3v) is 4.18. The molecule has 3 aromatic rings. The summed E-state index contributed by atoms with van der Waals surface area (Å²) in [7, 11) is 0. The Morgan fingerprint density at radius 3 is 2.31 bits per heavy atom. The van der Waals surface area contributed by atoms with Crippen LogP contribution in [-0.2, 0) is 4.79 Å². The van der Waals surface area contributed by atoms with E-state index in [4.69, 9.17) is 4.74 Å². The first kappa shape index (κ1) is 17.7. The average Bonchev–Trinajstić information content (AvgIpc) is 2.67. The molecular formula is C22H22N2O2. The number of carbonyl (C=O) groups is 1. The van der Waals surface area contributed by atoms with Crippen molar-refractivity contribution in [2.75, 3.05) is 6.61 Å². The molecule has 26 heavy (non-hydrogen) atoms. The Morgan fingerprint density at radius 2 is 1.65 bits per heavy atom. The highest BCUT2D eigenvalue weighted by atomic mass is 16.5. The Morgan fingerprint density at radius 1 is 0.962 bits per heavy atom. The van der Waals surface area contributed by atoms with Gasteiger partial charge in [0.2, 0.25) is 0 Å². The van der Waals surface area contributed by atoms with Gasteiger partial charge < -0.3 is 10.1 Å².